The number of rotatable bonds is 5. The molecular formula is C46H28N4S. The maximum atomic E-state index is 5.18. The predicted octanol–water partition coefficient (Wildman–Crippen LogP) is 12.3. The molecule has 4 nitrogen and oxygen atoms in total. The van der Waals surface area contributed by atoms with Gasteiger partial charge in [0.1, 0.15) is 0 Å². The van der Waals surface area contributed by atoms with E-state index in [1.54, 1.807) is 11.3 Å². The van der Waals surface area contributed by atoms with Crippen LogP contribution in [0.3, 0.4) is 0 Å². The van der Waals surface area contributed by atoms with Crippen molar-refractivity contribution in [1.82, 2.24) is 19.9 Å². The van der Waals surface area contributed by atoms with E-state index in [9.17, 15) is 0 Å². The van der Waals surface area contributed by atoms with Gasteiger partial charge in [0, 0.05) is 54.0 Å². The molecular weight excluding hydrogens is 641 g/mol. The Morgan fingerprint density at radius 1 is 0.373 bits per heavy atom. The number of hydrogen-bond donors (Lipinski definition) is 0. The summed E-state index contributed by atoms with van der Waals surface area (Å²) in [4.78, 5) is 20.2. The summed E-state index contributed by atoms with van der Waals surface area (Å²) in [6.45, 7) is 0. The van der Waals surface area contributed by atoms with E-state index in [0.29, 0.717) is 17.5 Å². The number of nitrogens with zero attached hydrogens (tertiary/aromatic N) is 4. The number of hydrogen-bond acceptors (Lipinski definition) is 5. The normalized spacial score (nSPS) is 11.5. The van der Waals surface area contributed by atoms with E-state index in [2.05, 4.69) is 152 Å². The third-order valence-electron chi connectivity index (χ3n) is 9.56. The molecule has 0 saturated carbocycles. The standard InChI is InChI=1S/C46H28N4S/c1-2-9-29(10-3-1)30-17-21-32(22-18-30)44-48-45(50-46(49-44)40-15-8-14-39-38-13-6-7-16-42(38)51-43(39)40)35-24-20-31-19-23-34(25-37(31)26-35)41-27-33-11-4-5-12-36(33)28-47-41/h1-28H. The first-order valence-corrected chi connectivity index (χ1v) is 17.8. The summed E-state index contributed by atoms with van der Waals surface area (Å²) >= 11 is 1.78. The van der Waals surface area contributed by atoms with Crippen LogP contribution in [0.15, 0.2) is 170 Å². The van der Waals surface area contributed by atoms with Crippen molar-refractivity contribution in [2.45, 2.75) is 0 Å². The zero-order chi connectivity index (χ0) is 33.7. The Hall–Kier alpha value is -6.56. The molecule has 0 amide bonds. The zero-order valence-corrected chi connectivity index (χ0v) is 28.2. The summed E-state index contributed by atoms with van der Waals surface area (Å²) in [5, 5.41) is 7.01. The lowest BCUT2D eigenvalue weighted by molar-refractivity contribution is 1.08. The van der Waals surface area contributed by atoms with Crippen LogP contribution < -0.4 is 0 Å². The Bertz CT molecular complexity index is 2910. The molecule has 3 heterocycles. The average molecular weight is 669 g/mol. The zero-order valence-electron chi connectivity index (χ0n) is 27.4. The first-order chi connectivity index (χ1) is 25.2. The van der Waals surface area contributed by atoms with E-state index in [1.165, 1.54) is 31.1 Å². The first-order valence-electron chi connectivity index (χ1n) is 17.0. The summed E-state index contributed by atoms with van der Waals surface area (Å²) in [5.74, 6) is 1.94. The second-order valence-corrected chi connectivity index (χ2v) is 13.8. The second-order valence-electron chi connectivity index (χ2n) is 12.7. The Labute approximate surface area is 298 Å². The maximum Gasteiger partial charge on any atom is 0.165 e. The lowest BCUT2D eigenvalue weighted by Crippen LogP contribution is -2.00. The van der Waals surface area contributed by atoms with Crippen LogP contribution in [0.25, 0.3) is 98.3 Å². The Kier molecular flexibility index (Phi) is 6.96. The molecule has 238 valence electrons. The lowest BCUT2D eigenvalue weighted by Gasteiger charge is -2.11. The van der Waals surface area contributed by atoms with Crippen LogP contribution in [-0.2, 0) is 0 Å². The van der Waals surface area contributed by atoms with Crippen molar-refractivity contribution >= 4 is 53.1 Å². The van der Waals surface area contributed by atoms with Crippen molar-refractivity contribution in [2.75, 3.05) is 0 Å². The van der Waals surface area contributed by atoms with Crippen LogP contribution in [0.2, 0.25) is 0 Å². The minimum atomic E-state index is 0.636. The van der Waals surface area contributed by atoms with Gasteiger partial charge in [-0.3, -0.25) is 4.98 Å². The van der Waals surface area contributed by atoms with Gasteiger partial charge < -0.3 is 0 Å². The van der Waals surface area contributed by atoms with Gasteiger partial charge in [0.05, 0.1) is 5.69 Å². The SMILES string of the molecule is c1ccc(-c2ccc(-c3nc(-c4ccc5ccc(-c6cc7ccccc7cn6)cc5c4)nc(-c4cccc5c4sc4ccccc45)n3)cc2)cc1. The summed E-state index contributed by atoms with van der Waals surface area (Å²) in [5.41, 5.74) is 7.21. The van der Waals surface area contributed by atoms with Gasteiger partial charge in [0.15, 0.2) is 17.5 Å². The van der Waals surface area contributed by atoms with Crippen molar-refractivity contribution in [1.29, 1.82) is 0 Å². The van der Waals surface area contributed by atoms with E-state index in [4.69, 9.17) is 19.9 Å². The monoisotopic (exact) mass is 668 g/mol. The second kappa shape index (κ2) is 12.1. The van der Waals surface area contributed by atoms with E-state index in [1.807, 2.05) is 18.3 Å². The van der Waals surface area contributed by atoms with Crippen LogP contribution in [0.5, 0.6) is 0 Å². The Morgan fingerprint density at radius 3 is 1.86 bits per heavy atom. The number of benzene rings is 7. The van der Waals surface area contributed by atoms with E-state index >= 15 is 0 Å². The molecule has 0 saturated heterocycles. The number of thiophene rings is 1. The molecule has 51 heavy (non-hydrogen) atoms. The molecule has 0 aliphatic carbocycles. The predicted molar refractivity (Wildman–Crippen MR) is 213 cm³/mol. The molecule has 0 fully saturated rings. The van der Waals surface area contributed by atoms with Gasteiger partial charge in [-0.05, 0) is 57.6 Å². The third kappa shape index (κ3) is 5.32. The number of pyridine rings is 1. The van der Waals surface area contributed by atoms with Crippen molar-refractivity contribution in [3.05, 3.63) is 170 Å². The largest absolute Gasteiger partial charge is 0.256 e. The molecule has 7 aromatic carbocycles. The molecule has 0 radical (unpaired) electrons. The molecule has 10 aromatic rings. The Morgan fingerprint density at radius 2 is 1.00 bits per heavy atom. The van der Waals surface area contributed by atoms with Crippen molar-refractivity contribution in [3.63, 3.8) is 0 Å². The van der Waals surface area contributed by atoms with Crippen molar-refractivity contribution < 1.29 is 0 Å². The quantitative estimate of drug-likeness (QED) is 0.183. The van der Waals surface area contributed by atoms with Gasteiger partial charge in [-0.15, -0.1) is 11.3 Å². The molecule has 0 bridgehead atoms. The summed E-state index contributed by atoms with van der Waals surface area (Å²) < 4.78 is 2.42. The molecule has 0 atom stereocenters. The highest BCUT2D eigenvalue weighted by atomic mass is 32.1. The van der Waals surface area contributed by atoms with Gasteiger partial charge >= 0.3 is 0 Å². The fraction of sp³-hybridized carbons (Fsp3) is 0. The fourth-order valence-electron chi connectivity index (χ4n) is 6.91. The molecule has 0 aliphatic rings. The fourth-order valence-corrected chi connectivity index (χ4v) is 8.12. The van der Waals surface area contributed by atoms with Gasteiger partial charge in [0.25, 0.3) is 0 Å². The highest BCUT2D eigenvalue weighted by molar-refractivity contribution is 7.26. The summed E-state index contributed by atoms with van der Waals surface area (Å²) in [6.07, 6.45) is 1.95. The number of aromatic nitrogens is 4. The van der Waals surface area contributed by atoms with Crippen LogP contribution in [0.4, 0.5) is 0 Å². The topological polar surface area (TPSA) is 51.6 Å². The van der Waals surface area contributed by atoms with E-state index in [0.717, 1.165) is 49.7 Å². The molecule has 0 unspecified atom stereocenters. The molecule has 10 rings (SSSR count). The third-order valence-corrected chi connectivity index (χ3v) is 10.8. The van der Waals surface area contributed by atoms with Gasteiger partial charge in [-0.2, -0.15) is 0 Å². The van der Waals surface area contributed by atoms with E-state index in [-0.39, 0.29) is 0 Å². The summed E-state index contributed by atoms with van der Waals surface area (Å²) in [7, 11) is 0. The average Bonchev–Trinajstić information content (AvgIpc) is 3.59. The first kappa shape index (κ1) is 29.4. The summed E-state index contributed by atoms with van der Waals surface area (Å²) in [6, 6.07) is 57.3. The molecule has 0 aliphatic heterocycles. The van der Waals surface area contributed by atoms with Gasteiger partial charge in [0.2, 0.25) is 0 Å². The van der Waals surface area contributed by atoms with Crippen LogP contribution in [0, 0.1) is 0 Å². The lowest BCUT2D eigenvalue weighted by atomic mass is 10.0. The smallest absolute Gasteiger partial charge is 0.165 e. The molecule has 0 N–H and O–H groups in total. The molecule has 3 aromatic heterocycles. The van der Waals surface area contributed by atoms with E-state index < -0.39 is 0 Å². The van der Waals surface area contributed by atoms with Crippen LogP contribution >= 0.6 is 11.3 Å². The van der Waals surface area contributed by atoms with Crippen molar-refractivity contribution in [2.24, 2.45) is 0 Å². The van der Waals surface area contributed by atoms with Crippen LogP contribution in [0.1, 0.15) is 0 Å². The molecule has 0 spiro atoms. The Balaban J connectivity index is 1.13. The highest BCUT2D eigenvalue weighted by Gasteiger charge is 2.17. The van der Waals surface area contributed by atoms with Crippen LogP contribution in [-0.4, -0.2) is 19.9 Å². The van der Waals surface area contributed by atoms with Crippen molar-refractivity contribution in [3.8, 4) is 56.5 Å². The minimum absolute atomic E-state index is 0.636. The minimum Gasteiger partial charge on any atom is -0.256 e. The van der Waals surface area contributed by atoms with Gasteiger partial charge in [-0.1, -0.05) is 133 Å². The number of fused-ring (bicyclic) bond motifs is 5. The highest BCUT2D eigenvalue weighted by Crippen LogP contribution is 2.40. The molecule has 5 heteroatoms. The maximum absolute atomic E-state index is 5.18. The van der Waals surface area contributed by atoms with Gasteiger partial charge in [-0.25, -0.2) is 15.0 Å².